The number of nitrogens with one attached hydrogen (secondary N) is 2. The molecular formula is C19H25N6O+. The quantitative estimate of drug-likeness (QED) is 0.643. The Bertz CT molecular complexity index is 871. The zero-order chi connectivity index (χ0) is 17.8. The van der Waals surface area contributed by atoms with E-state index < -0.39 is 0 Å². The number of morpholine rings is 1. The molecule has 3 aromatic rings. The predicted molar refractivity (Wildman–Crippen MR) is 101 cm³/mol. The number of hydrogen-bond acceptors (Lipinski definition) is 5. The van der Waals surface area contributed by atoms with Gasteiger partial charge in [0, 0.05) is 13.0 Å². The molecule has 3 heterocycles. The molecule has 0 aliphatic carbocycles. The van der Waals surface area contributed by atoms with E-state index in [4.69, 9.17) is 4.74 Å². The number of fused-ring (bicyclic) bond motifs is 1. The first kappa shape index (κ1) is 16.9. The van der Waals surface area contributed by atoms with Crippen molar-refractivity contribution in [3.05, 3.63) is 42.4 Å². The molecular weight excluding hydrogens is 328 g/mol. The van der Waals surface area contributed by atoms with Crippen molar-refractivity contribution in [2.24, 2.45) is 0 Å². The number of benzene rings is 1. The molecule has 7 heteroatoms. The number of aryl methyl sites for hydroxylation is 1. The molecule has 136 valence electrons. The Labute approximate surface area is 153 Å². The molecule has 0 radical (unpaired) electrons. The van der Waals surface area contributed by atoms with Gasteiger partial charge in [-0.2, -0.15) is 5.10 Å². The highest BCUT2D eigenvalue weighted by molar-refractivity contribution is 5.87. The van der Waals surface area contributed by atoms with Crippen LogP contribution < -0.4 is 10.2 Å². The zero-order valence-corrected chi connectivity index (χ0v) is 15.1. The number of ether oxygens (including phenoxy) is 1. The number of rotatable bonds is 6. The smallest absolute Gasteiger partial charge is 0.168 e. The molecule has 1 aliphatic rings. The number of aromatic nitrogens is 4. The minimum atomic E-state index is 0.826. The van der Waals surface area contributed by atoms with Crippen molar-refractivity contribution >= 4 is 16.9 Å². The fraction of sp³-hybridized carbons (Fsp3) is 0.421. The number of quaternary nitrogens is 1. The van der Waals surface area contributed by atoms with E-state index in [-0.39, 0.29) is 0 Å². The summed E-state index contributed by atoms with van der Waals surface area (Å²) >= 11 is 0. The average molecular weight is 353 g/mol. The lowest BCUT2D eigenvalue weighted by Crippen LogP contribution is -3.14. The van der Waals surface area contributed by atoms with Crippen molar-refractivity contribution in [3.8, 4) is 5.69 Å². The minimum Gasteiger partial charge on any atom is -0.370 e. The van der Waals surface area contributed by atoms with Gasteiger partial charge in [0.1, 0.15) is 25.2 Å². The molecule has 1 fully saturated rings. The molecule has 0 atom stereocenters. The van der Waals surface area contributed by atoms with Gasteiger partial charge >= 0.3 is 0 Å². The van der Waals surface area contributed by atoms with Gasteiger partial charge in [0.2, 0.25) is 0 Å². The van der Waals surface area contributed by atoms with Gasteiger partial charge in [-0.1, -0.05) is 12.1 Å². The molecule has 4 rings (SSSR count). The Morgan fingerprint density at radius 3 is 2.96 bits per heavy atom. The van der Waals surface area contributed by atoms with E-state index >= 15 is 0 Å². The van der Waals surface area contributed by atoms with Crippen LogP contribution in [0.3, 0.4) is 0 Å². The summed E-state index contributed by atoms with van der Waals surface area (Å²) in [4.78, 5) is 10.5. The van der Waals surface area contributed by atoms with E-state index in [1.165, 1.54) is 5.56 Å². The van der Waals surface area contributed by atoms with Gasteiger partial charge < -0.3 is 15.0 Å². The van der Waals surface area contributed by atoms with E-state index in [2.05, 4.69) is 39.4 Å². The van der Waals surface area contributed by atoms with Gasteiger partial charge in [-0.25, -0.2) is 14.6 Å². The Kier molecular flexibility index (Phi) is 5.08. The molecule has 1 aromatic carbocycles. The first-order valence-corrected chi connectivity index (χ1v) is 9.22. The monoisotopic (exact) mass is 353 g/mol. The van der Waals surface area contributed by atoms with Gasteiger partial charge in [-0.15, -0.1) is 0 Å². The minimum absolute atomic E-state index is 0.826. The molecule has 2 aromatic heterocycles. The third kappa shape index (κ3) is 3.68. The van der Waals surface area contributed by atoms with Crippen molar-refractivity contribution in [2.75, 3.05) is 44.7 Å². The summed E-state index contributed by atoms with van der Waals surface area (Å²) < 4.78 is 7.28. The summed E-state index contributed by atoms with van der Waals surface area (Å²) in [5.41, 5.74) is 3.04. The number of hydrogen-bond donors (Lipinski definition) is 2. The van der Waals surface area contributed by atoms with Crippen LogP contribution in [0.5, 0.6) is 0 Å². The van der Waals surface area contributed by atoms with E-state index in [9.17, 15) is 0 Å². The first-order chi connectivity index (χ1) is 12.8. The summed E-state index contributed by atoms with van der Waals surface area (Å²) in [5, 5.41) is 8.93. The molecule has 0 spiro atoms. The lowest BCUT2D eigenvalue weighted by Gasteiger charge is -2.23. The van der Waals surface area contributed by atoms with Gasteiger partial charge in [-0.05, 0) is 24.6 Å². The summed E-state index contributed by atoms with van der Waals surface area (Å²) in [5.74, 6) is 0.853. The second-order valence-electron chi connectivity index (χ2n) is 6.75. The van der Waals surface area contributed by atoms with Crippen molar-refractivity contribution < 1.29 is 9.64 Å². The van der Waals surface area contributed by atoms with Crippen molar-refractivity contribution in [1.29, 1.82) is 0 Å². The Morgan fingerprint density at radius 1 is 1.23 bits per heavy atom. The van der Waals surface area contributed by atoms with Crippen LogP contribution >= 0.6 is 0 Å². The molecule has 2 N–H and O–H groups in total. The van der Waals surface area contributed by atoms with Gasteiger partial charge in [0.25, 0.3) is 0 Å². The van der Waals surface area contributed by atoms with Gasteiger partial charge in [0.05, 0.1) is 37.0 Å². The zero-order valence-electron chi connectivity index (χ0n) is 15.1. The van der Waals surface area contributed by atoms with Crippen LogP contribution in [0.25, 0.3) is 16.7 Å². The van der Waals surface area contributed by atoms with Crippen molar-refractivity contribution in [3.63, 3.8) is 0 Å². The normalized spacial score (nSPS) is 15.4. The Morgan fingerprint density at radius 2 is 2.12 bits per heavy atom. The predicted octanol–water partition coefficient (Wildman–Crippen LogP) is 0.841. The van der Waals surface area contributed by atoms with E-state index in [1.807, 2.05) is 23.0 Å². The second-order valence-corrected chi connectivity index (χ2v) is 6.75. The first-order valence-electron chi connectivity index (χ1n) is 9.22. The van der Waals surface area contributed by atoms with Crippen molar-refractivity contribution in [1.82, 2.24) is 19.7 Å². The highest BCUT2D eigenvalue weighted by atomic mass is 16.5. The van der Waals surface area contributed by atoms with Crippen LogP contribution in [0.2, 0.25) is 0 Å². The average Bonchev–Trinajstić information content (AvgIpc) is 3.11. The Hall–Kier alpha value is -2.51. The maximum atomic E-state index is 5.41. The molecule has 1 saturated heterocycles. The lowest BCUT2D eigenvalue weighted by atomic mass is 10.2. The van der Waals surface area contributed by atoms with Gasteiger partial charge in [-0.3, -0.25) is 0 Å². The fourth-order valence-corrected chi connectivity index (χ4v) is 3.39. The third-order valence-corrected chi connectivity index (χ3v) is 4.81. The molecule has 0 bridgehead atoms. The summed E-state index contributed by atoms with van der Waals surface area (Å²) in [6.07, 6.45) is 4.55. The number of anilines is 1. The molecule has 0 saturated carbocycles. The summed E-state index contributed by atoms with van der Waals surface area (Å²) in [7, 11) is 0. The maximum Gasteiger partial charge on any atom is 0.168 e. The third-order valence-electron chi connectivity index (χ3n) is 4.81. The van der Waals surface area contributed by atoms with Crippen LogP contribution in [-0.4, -0.2) is 59.1 Å². The molecule has 1 aliphatic heterocycles. The van der Waals surface area contributed by atoms with Crippen LogP contribution in [0, 0.1) is 6.92 Å². The van der Waals surface area contributed by atoms with E-state index in [0.29, 0.717) is 0 Å². The SMILES string of the molecule is Cc1cccc(-n2ncc3c(NCCC[NH+]4CCOCC4)ncnc32)c1. The molecule has 7 nitrogen and oxygen atoms in total. The molecule has 26 heavy (non-hydrogen) atoms. The topological polar surface area (TPSA) is 69.3 Å². The summed E-state index contributed by atoms with van der Waals surface area (Å²) in [6, 6.07) is 8.26. The highest BCUT2D eigenvalue weighted by Crippen LogP contribution is 2.21. The van der Waals surface area contributed by atoms with Crippen LogP contribution in [0.15, 0.2) is 36.8 Å². The fourth-order valence-electron chi connectivity index (χ4n) is 3.39. The highest BCUT2D eigenvalue weighted by Gasteiger charge is 2.14. The van der Waals surface area contributed by atoms with Crippen LogP contribution in [-0.2, 0) is 4.74 Å². The summed E-state index contributed by atoms with van der Waals surface area (Å²) in [6.45, 7) is 8.12. The van der Waals surface area contributed by atoms with Crippen molar-refractivity contribution in [2.45, 2.75) is 13.3 Å². The largest absolute Gasteiger partial charge is 0.370 e. The van der Waals surface area contributed by atoms with E-state index in [0.717, 1.165) is 68.4 Å². The van der Waals surface area contributed by atoms with Gasteiger partial charge in [0.15, 0.2) is 5.65 Å². The standard InChI is InChI=1S/C19H24N6O/c1-15-4-2-5-16(12-15)25-19-17(13-23-25)18(21-14-22-19)20-6-3-7-24-8-10-26-11-9-24/h2,4-5,12-14H,3,6-11H2,1H3,(H,20,21,22)/p+1. The second kappa shape index (κ2) is 7.80. The molecule has 0 amide bonds. The van der Waals surface area contributed by atoms with Crippen LogP contribution in [0.4, 0.5) is 5.82 Å². The molecule has 0 unspecified atom stereocenters. The maximum absolute atomic E-state index is 5.41. The van der Waals surface area contributed by atoms with Crippen LogP contribution in [0.1, 0.15) is 12.0 Å². The Balaban J connectivity index is 1.45. The van der Waals surface area contributed by atoms with E-state index in [1.54, 1.807) is 11.2 Å². The number of nitrogens with zero attached hydrogens (tertiary/aromatic N) is 4. The lowest BCUT2D eigenvalue weighted by molar-refractivity contribution is -0.908.